The number of nitrogens with zero attached hydrogens (tertiary/aromatic N) is 1. The third-order valence-electron chi connectivity index (χ3n) is 2.53. The van der Waals surface area contributed by atoms with Gasteiger partial charge in [-0.15, -0.1) is 11.3 Å². The molecular weight excluding hydrogens is 226 g/mol. The van der Waals surface area contributed by atoms with Gasteiger partial charge in [-0.1, -0.05) is 0 Å². The molecule has 5 nitrogen and oxygen atoms in total. The summed E-state index contributed by atoms with van der Waals surface area (Å²) >= 11 is 1.41. The molecule has 0 radical (unpaired) electrons. The summed E-state index contributed by atoms with van der Waals surface area (Å²) in [5, 5.41) is 0.558. The van der Waals surface area contributed by atoms with Gasteiger partial charge >= 0.3 is 5.69 Å². The highest BCUT2D eigenvalue weighted by Gasteiger charge is 2.13. The number of aromatic amines is 1. The van der Waals surface area contributed by atoms with Crippen molar-refractivity contribution in [3.05, 3.63) is 31.8 Å². The number of aryl methyl sites for hydroxylation is 1. The second-order valence-electron chi connectivity index (χ2n) is 3.79. The minimum atomic E-state index is -0.391. The first kappa shape index (κ1) is 11.1. The molecule has 0 aliphatic carbocycles. The van der Waals surface area contributed by atoms with Crippen LogP contribution in [0.3, 0.4) is 0 Å². The molecule has 0 spiro atoms. The van der Waals surface area contributed by atoms with Crippen molar-refractivity contribution in [2.24, 2.45) is 5.73 Å². The number of nitrogens with two attached hydrogens (primary N) is 1. The van der Waals surface area contributed by atoms with Crippen LogP contribution in [-0.2, 0) is 0 Å². The Labute approximate surface area is 95.5 Å². The molecule has 86 valence electrons. The van der Waals surface area contributed by atoms with Gasteiger partial charge < -0.3 is 5.73 Å². The molecule has 0 saturated heterocycles. The Hall–Kier alpha value is -1.40. The van der Waals surface area contributed by atoms with Crippen LogP contribution in [0.25, 0.3) is 10.2 Å². The van der Waals surface area contributed by atoms with Crippen molar-refractivity contribution >= 4 is 21.6 Å². The topological polar surface area (TPSA) is 80.9 Å². The van der Waals surface area contributed by atoms with E-state index in [2.05, 4.69) is 4.98 Å². The van der Waals surface area contributed by atoms with E-state index in [1.165, 1.54) is 15.9 Å². The zero-order chi connectivity index (χ0) is 11.9. The SMILES string of the molecule is Cc1cc2c(=O)n(C(C)CN)c(=O)[nH]c2s1. The highest BCUT2D eigenvalue weighted by molar-refractivity contribution is 7.18. The zero-order valence-electron chi connectivity index (χ0n) is 9.11. The van der Waals surface area contributed by atoms with Crippen molar-refractivity contribution in [1.29, 1.82) is 0 Å². The number of rotatable bonds is 2. The Morgan fingerprint density at radius 3 is 2.88 bits per heavy atom. The van der Waals surface area contributed by atoms with E-state index in [4.69, 9.17) is 5.73 Å². The largest absolute Gasteiger partial charge is 0.329 e. The average molecular weight is 239 g/mol. The smallest absolute Gasteiger partial charge is 0.328 e. The number of nitrogens with one attached hydrogen (secondary N) is 1. The molecule has 0 fully saturated rings. The maximum Gasteiger partial charge on any atom is 0.329 e. The van der Waals surface area contributed by atoms with Gasteiger partial charge in [0, 0.05) is 11.4 Å². The summed E-state index contributed by atoms with van der Waals surface area (Å²) in [6.07, 6.45) is 0. The first-order valence-corrected chi connectivity index (χ1v) is 5.81. The molecule has 0 aliphatic rings. The highest BCUT2D eigenvalue weighted by Crippen LogP contribution is 2.18. The van der Waals surface area contributed by atoms with Gasteiger partial charge in [0.05, 0.1) is 11.4 Å². The predicted molar refractivity (Wildman–Crippen MR) is 65.2 cm³/mol. The average Bonchev–Trinajstić information content (AvgIpc) is 2.58. The minimum Gasteiger partial charge on any atom is -0.328 e. The molecule has 1 atom stereocenters. The Kier molecular flexibility index (Phi) is 2.69. The quantitative estimate of drug-likeness (QED) is 0.804. The molecule has 0 aliphatic heterocycles. The second-order valence-corrected chi connectivity index (χ2v) is 5.05. The summed E-state index contributed by atoms with van der Waals surface area (Å²) in [4.78, 5) is 28.1. The van der Waals surface area contributed by atoms with Crippen LogP contribution in [0.2, 0.25) is 0 Å². The summed E-state index contributed by atoms with van der Waals surface area (Å²) in [6, 6.07) is 1.50. The van der Waals surface area contributed by atoms with Crippen LogP contribution < -0.4 is 17.0 Å². The van der Waals surface area contributed by atoms with Gasteiger partial charge in [0.2, 0.25) is 0 Å². The zero-order valence-corrected chi connectivity index (χ0v) is 9.93. The number of aromatic nitrogens is 2. The van der Waals surface area contributed by atoms with E-state index in [1.807, 2.05) is 6.92 Å². The number of hydrogen-bond donors (Lipinski definition) is 2. The van der Waals surface area contributed by atoms with Crippen LogP contribution in [0.5, 0.6) is 0 Å². The van der Waals surface area contributed by atoms with Crippen molar-refractivity contribution < 1.29 is 0 Å². The van der Waals surface area contributed by atoms with E-state index in [1.54, 1.807) is 13.0 Å². The van der Waals surface area contributed by atoms with Crippen LogP contribution in [0.1, 0.15) is 17.8 Å². The molecule has 2 heterocycles. The van der Waals surface area contributed by atoms with Gasteiger partial charge in [0.25, 0.3) is 5.56 Å². The fraction of sp³-hybridized carbons (Fsp3) is 0.400. The summed E-state index contributed by atoms with van der Waals surface area (Å²) in [5.41, 5.74) is 4.83. The van der Waals surface area contributed by atoms with E-state index in [-0.39, 0.29) is 18.1 Å². The lowest BCUT2D eigenvalue weighted by molar-refractivity contribution is 0.518. The highest BCUT2D eigenvalue weighted by atomic mass is 32.1. The molecule has 0 amide bonds. The molecule has 16 heavy (non-hydrogen) atoms. The molecule has 6 heteroatoms. The van der Waals surface area contributed by atoms with E-state index in [0.717, 1.165) is 4.88 Å². The number of H-pyrrole nitrogens is 1. The Morgan fingerprint density at radius 2 is 2.25 bits per heavy atom. The van der Waals surface area contributed by atoms with Crippen molar-refractivity contribution in [2.45, 2.75) is 19.9 Å². The van der Waals surface area contributed by atoms with Crippen LogP contribution >= 0.6 is 11.3 Å². The van der Waals surface area contributed by atoms with Crippen LogP contribution in [0.15, 0.2) is 15.7 Å². The van der Waals surface area contributed by atoms with Crippen LogP contribution in [-0.4, -0.2) is 16.1 Å². The lowest BCUT2D eigenvalue weighted by Gasteiger charge is -2.10. The predicted octanol–water partition coefficient (Wildman–Crippen LogP) is 0.579. The van der Waals surface area contributed by atoms with Crippen molar-refractivity contribution in [2.75, 3.05) is 6.54 Å². The van der Waals surface area contributed by atoms with Gasteiger partial charge in [-0.3, -0.25) is 14.3 Å². The van der Waals surface area contributed by atoms with Gasteiger partial charge in [-0.25, -0.2) is 4.79 Å². The lowest BCUT2D eigenvalue weighted by atomic mass is 10.3. The first-order valence-electron chi connectivity index (χ1n) is 4.99. The van der Waals surface area contributed by atoms with Crippen molar-refractivity contribution in [3.63, 3.8) is 0 Å². The maximum absolute atomic E-state index is 12.1. The second kappa shape index (κ2) is 3.88. The number of thiophene rings is 1. The van der Waals surface area contributed by atoms with E-state index >= 15 is 0 Å². The molecule has 0 aromatic carbocycles. The van der Waals surface area contributed by atoms with E-state index < -0.39 is 5.69 Å². The molecular formula is C10H13N3O2S. The van der Waals surface area contributed by atoms with Crippen LogP contribution in [0, 0.1) is 6.92 Å². The Bertz CT molecular complexity index is 638. The molecule has 0 bridgehead atoms. The van der Waals surface area contributed by atoms with Gasteiger partial charge in [0.15, 0.2) is 0 Å². The fourth-order valence-electron chi connectivity index (χ4n) is 1.65. The van der Waals surface area contributed by atoms with Crippen molar-refractivity contribution in [3.8, 4) is 0 Å². The standard InChI is InChI=1S/C10H13N3O2S/c1-5(4-11)13-9(14)7-3-6(2)16-8(7)12-10(13)15/h3,5H,4,11H2,1-2H3,(H,12,15). The minimum absolute atomic E-state index is 0.262. The Balaban J connectivity index is 2.85. The monoisotopic (exact) mass is 239 g/mol. The first-order chi connectivity index (χ1) is 7.54. The summed E-state index contributed by atoms with van der Waals surface area (Å²) in [6.45, 7) is 3.92. The molecule has 1 unspecified atom stereocenters. The number of fused-ring (bicyclic) bond motifs is 1. The van der Waals surface area contributed by atoms with E-state index in [9.17, 15) is 9.59 Å². The van der Waals surface area contributed by atoms with Crippen molar-refractivity contribution in [1.82, 2.24) is 9.55 Å². The lowest BCUT2D eigenvalue weighted by Crippen LogP contribution is -2.39. The summed E-state index contributed by atoms with van der Waals surface area (Å²) in [7, 11) is 0. The maximum atomic E-state index is 12.1. The van der Waals surface area contributed by atoms with E-state index in [0.29, 0.717) is 10.2 Å². The van der Waals surface area contributed by atoms with Gasteiger partial charge in [0.1, 0.15) is 4.83 Å². The summed E-state index contributed by atoms with van der Waals surface area (Å²) in [5.74, 6) is 0. The molecule has 2 aromatic rings. The van der Waals surface area contributed by atoms with Gasteiger partial charge in [-0.05, 0) is 19.9 Å². The molecule has 2 aromatic heterocycles. The Morgan fingerprint density at radius 1 is 1.56 bits per heavy atom. The number of hydrogen-bond acceptors (Lipinski definition) is 4. The van der Waals surface area contributed by atoms with Gasteiger partial charge in [-0.2, -0.15) is 0 Å². The molecule has 0 saturated carbocycles. The molecule has 2 rings (SSSR count). The summed E-state index contributed by atoms with van der Waals surface area (Å²) < 4.78 is 1.18. The molecule has 3 N–H and O–H groups in total. The normalized spacial score (nSPS) is 13.2. The van der Waals surface area contributed by atoms with Crippen LogP contribution in [0.4, 0.5) is 0 Å². The third-order valence-corrected chi connectivity index (χ3v) is 3.49. The fourth-order valence-corrected chi connectivity index (χ4v) is 2.54. The third kappa shape index (κ3) is 1.60.